The monoisotopic (exact) mass is 329 g/mol. The standard InChI is InChI=1S/C17H23N5O2/c1-10-6-12(19-18-10)7-11-8-22(9-15(11)23)17(24)16-13-4-2-3-5-14(13)20-21-16/h6,11,15,23H,2-5,7-9H2,1H3,(H,18,19)(H,20,21). The lowest BCUT2D eigenvalue weighted by Gasteiger charge is -2.17. The first kappa shape index (κ1) is 15.4. The zero-order chi connectivity index (χ0) is 16.7. The molecule has 3 N–H and O–H groups in total. The van der Waals surface area contributed by atoms with E-state index in [1.807, 2.05) is 13.0 Å². The van der Waals surface area contributed by atoms with E-state index in [1.165, 1.54) is 0 Å². The molecule has 2 atom stereocenters. The summed E-state index contributed by atoms with van der Waals surface area (Å²) in [7, 11) is 0. The molecule has 3 heterocycles. The fraction of sp³-hybridized carbons (Fsp3) is 0.588. The Bertz CT molecular complexity index is 750. The van der Waals surface area contributed by atoms with Crippen LogP contribution in [0.3, 0.4) is 0 Å². The molecule has 1 saturated heterocycles. The minimum Gasteiger partial charge on any atom is -0.391 e. The Kier molecular flexibility index (Phi) is 3.88. The number of hydrogen-bond acceptors (Lipinski definition) is 4. The first-order valence-electron chi connectivity index (χ1n) is 8.66. The number of hydrogen-bond donors (Lipinski definition) is 3. The quantitative estimate of drug-likeness (QED) is 0.782. The van der Waals surface area contributed by atoms with Gasteiger partial charge in [0, 0.05) is 36.0 Å². The van der Waals surface area contributed by atoms with Crippen LogP contribution in [-0.2, 0) is 19.3 Å². The second kappa shape index (κ2) is 6.05. The number of amides is 1. The maximum atomic E-state index is 12.8. The van der Waals surface area contributed by atoms with Crippen LogP contribution < -0.4 is 0 Å². The van der Waals surface area contributed by atoms with Gasteiger partial charge in [0.2, 0.25) is 0 Å². The number of carbonyl (C=O) groups excluding carboxylic acids is 1. The predicted molar refractivity (Wildman–Crippen MR) is 87.7 cm³/mol. The van der Waals surface area contributed by atoms with Crippen LogP contribution in [0.5, 0.6) is 0 Å². The predicted octanol–water partition coefficient (Wildman–Crippen LogP) is 0.996. The van der Waals surface area contributed by atoms with Gasteiger partial charge < -0.3 is 10.0 Å². The van der Waals surface area contributed by atoms with Crippen molar-refractivity contribution in [2.24, 2.45) is 5.92 Å². The lowest BCUT2D eigenvalue weighted by molar-refractivity contribution is 0.0757. The molecule has 1 aliphatic carbocycles. The normalized spacial score (nSPS) is 23.5. The molecule has 0 saturated carbocycles. The van der Waals surface area contributed by atoms with Crippen LogP contribution in [0.25, 0.3) is 0 Å². The highest BCUT2D eigenvalue weighted by Gasteiger charge is 2.36. The molecule has 2 aliphatic rings. The van der Waals surface area contributed by atoms with Crippen LogP contribution >= 0.6 is 0 Å². The number of nitrogens with one attached hydrogen (secondary N) is 2. The molecule has 0 radical (unpaired) electrons. The Labute approximate surface area is 140 Å². The Morgan fingerprint density at radius 3 is 2.92 bits per heavy atom. The van der Waals surface area contributed by atoms with Gasteiger partial charge in [0.15, 0.2) is 5.69 Å². The van der Waals surface area contributed by atoms with Gasteiger partial charge in [-0.25, -0.2) is 0 Å². The number of aromatic amines is 2. The van der Waals surface area contributed by atoms with Gasteiger partial charge in [0.25, 0.3) is 5.91 Å². The number of nitrogens with zero attached hydrogens (tertiary/aromatic N) is 3. The average Bonchev–Trinajstić information content (AvgIpc) is 3.27. The van der Waals surface area contributed by atoms with E-state index < -0.39 is 6.10 Å². The molecule has 1 amide bonds. The highest BCUT2D eigenvalue weighted by atomic mass is 16.3. The molecular weight excluding hydrogens is 306 g/mol. The van der Waals surface area contributed by atoms with Crippen molar-refractivity contribution in [1.29, 1.82) is 0 Å². The van der Waals surface area contributed by atoms with E-state index >= 15 is 0 Å². The first-order chi connectivity index (χ1) is 11.6. The lowest BCUT2D eigenvalue weighted by Crippen LogP contribution is -2.30. The highest BCUT2D eigenvalue weighted by Crippen LogP contribution is 2.26. The SMILES string of the molecule is Cc1cc(CC2CN(C(=O)c3n[nH]c4c3CCCC4)CC2O)n[nH]1. The summed E-state index contributed by atoms with van der Waals surface area (Å²) in [6.07, 6.45) is 4.31. The van der Waals surface area contributed by atoms with Crippen LogP contribution in [0.2, 0.25) is 0 Å². The van der Waals surface area contributed by atoms with Gasteiger partial charge in [-0.05, 0) is 45.1 Å². The Balaban J connectivity index is 1.47. The van der Waals surface area contributed by atoms with Crippen molar-refractivity contribution in [3.05, 3.63) is 34.4 Å². The van der Waals surface area contributed by atoms with Crippen LogP contribution in [0.4, 0.5) is 0 Å². The van der Waals surface area contributed by atoms with E-state index in [-0.39, 0.29) is 11.8 Å². The summed E-state index contributed by atoms with van der Waals surface area (Å²) >= 11 is 0. The van der Waals surface area contributed by atoms with E-state index in [1.54, 1.807) is 4.90 Å². The first-order valence-corrected chi connectivity index (χ1v) is 8.66. The van der Waals surface area contributed by atoms with Crippen LogP contribution in [0, 0.1) is 12.8 Å². The van der Waals surface area contributed by atoms with Gasteiger partial charge in [-0.2, -0.15) is 10.2 Å². The summed E-state index contributed by atoms with van der Waals surface area (Å²) in [5.41, 5.74) is 4.67. The summed E-state index contributed by atoms with van der Waals surface area (Å²) in [6.45, 7) is 2.88. The number of likely N-dealkylation sites (tertiary alicyclic amines) is 1. The van der Waals surface area contributed by atoms with Crippen molar-refractivity contribution in [3.8, 4) is 0 Å². The number of aryl methyl sites for hydroxylation is 2. The van der Waals surface area contributed by atoms with Gasteiger partial charge in [-0.15, -0.1) is 0 Å². The number of rotatable bonds is 3. The minimum atomic E-state index is -0.513. The summed E-state index contributed by atoms with van der Waals surface area (Å²) < 4.78 is 0. The third-order valence-electron chi connectivity index (χ3n) is 5.18. The molecule has 128 valence electrons. The minimum absolute atomic E-state index is 0.0198. The van der Waals surface area contributed by atoms with E-state index in [0.29, 0.717) is 25.2 Å². The number of H-pyrrole nitrogens is 2. The molecule has 2 aromatic rings. The summed E-state index contributed by atoms with van der Waals surface area (Å²) in [5.74, 6) is -0.0411. The van der Waals surface area contributed by atoms with Crippen molar-refractivity contribution in [2.45, 2.75) is 45.1 Å². The fourth-order valence-electron chi connectivity index (χ4n) is 3.88. The molecule has 0 aromatic carbocycles. The second-order valence-corrected chi connectivity index (χ2v) is 7.02. The third-order valence-corrected chi connectivity index (χ3v) is 5.18. The summed E-state index contributed by atoms with van der Waals surface area (Å²) in [4.78, 5) is 14.6. The number of aliphatic hydroxyl groups is 1. The van der Waals surface area contributed by atoms with Crippen LogP contribution in [0.15, 0.2) is 6.07 Å². The molecule has 2 aromatic heterocycles. The number of β-amino-alcohol motifs (C(OH)–C–C–N with tert-alkyl or cyclic N) is 1. The smallest absolute Gasteiger partial charge is 0.274 e. The van der Waals surface area contributed by atoms with E-state index in [4.69, 9.17) is 0 Å². The topological polar surface area (TPSA) is 97.9 Å². The van der Waals surface area contributed by atoms with Gasteiger partial charge in [0.05, 0.1) is 11.8 Å². The van der Waals surface area contributed by atoms with Crippen molar-refractivity contribution in [3.63, 3.8) is 0 Å². The van der Waals surface area contributed by atoms with Crippen molar-refractivity contribution in [2.75, 3.05) is 13.1 Å². The molecule has 7 heteroatoms. The zero-order valence-electron chi connectivity index (χ0n) is 13.9. The molecule has 24 heavy (non-hydrogen) atoms. The van der Waals surface area contributed by atoms with Crippen molar-refractivity contribution in [1.82, 2.24) is 25.3 Å². The summed E-state index contributed by atoms with van der Waals surface area (Å²) in [5, 5.41) is 24.8. The molecule has 7 nitrogen and oxygen atoms in total. The molecule has 4 rings (SSSR count). The largest absolute Gasteiger partial charge is 0.391 e. The van der Waals surface area contributed by atoms with E-state index in [9.17, 15) is 9.90 Å². The maximum absolute atomic E-state index is 12.8. The van der Waals surface area contributed by atoms with Gasteiger partial charge in [-0.1, -0.05) is 0 Å². The van der Waals surface area contributed by atoms with Gasteiger partial charge in [0.1, 0.15) is 0 Å². The molecule has 0 bridgehead atoms. The molecule has 1 aliphatic heterocycles. The zero-order valence-corrected chi connectivity index (χ0v) is 13.9. The van der Waals surface area contributed by atoms with Crippen molar-refractivity contribution < 1.29 is 9.90 Å². The third kappa shape index (κ3) is 2.73. The van der Waals surface area contributed by atoms with Crippen LogP contribution in [-0.4, -0.2) is 55.5 Å². The Morgan fingerprint density at radius 2 is 2.12 bits per heavy atom. The molecular formula is C17H23N5O2. The summed E-state index contributed by atoms with van der Waals surface area (Å²) in [6, 6.07) is 1.99. The molecule has 2 unspecified atom stereocenters. The average molecular weight is 329 g/mol. The Morgan fingerprint density at radius 1 is 1.29 bits per heavy atom. The number of fused-ring (bicyclic) bond motifs is 1. The molecule has 1 fully saturated rings. The van der Waals surface area contributed by atoms with Crippen LogP contribution in [0.1, 0.15) is 46.0 Å². The van der Waals surface area contributed by atoms with Crippen molar-refractivity contribution >= 4 is 5.91 Å². The van der Waals surface area contributed by atoms with Gasteiger partial charge >= 0.3 is 0 Å². The number of aromatic nitrogens is 4. The lowest BCUT2D eigenvalue weighted by atomic mass is 9.95. The van der Waals surface area contributed by atoms with Gasteiger partial charge in [-0.3, -0.25) is 15.0 Å². The van der Waals surface area contributed by atoms with E-state index in [2.05, 4.69) is 20.4 Å². The number of aliphatic hydroxyl groups excluding tert-OH is 1. The fourth-order valence-corrected chi connectivity index (χ4v) is 3.88. The maximum Gasteiger partial charge on any atom is 0.274 e. The molecule has 0 spiro atoms. The second-order valence-electron chi connectivity index (χ2n) is 7.02. The van der Waals surface area contributed by atoms with E-state index in [0.717, 1.165) is 48.3 Å². The Hall–Kier alpha value is -2.15. The highest BCUT2D eigenvalue weighted by molar-refractivity contribution is 5.94. The number of carbonyl (C=O) groups is 1.